The molecule has 0 aromatic carbocycles. The first-order chi connectivity index (χ1) is 11.5. The highest BCUT2D eigenvalue weighted by Gasteiger charge is 2.18. The summed E-state index contributed by atoms with van der Waals surface area (Å²) in [7, 11) is 0. The Kier molecular flexibility index (Phi) is 4.89. The molecule has 1 atom stereocenters. The second-order valence-corrected chi connectivity index (χ2v) is 7.01. The Labute approximate surface area is 144 Å². The van der Waals surface area contributed by atoms with Crippen molar-refractivity contribution in [2.75, 3.05) is 0 Å². The lowest BCUT2D eigenvalue weighted by molar-refractivity contribution is 0.0942. The molecule has 126 valence electrons. The van der Waals surface area contributed by atoms with Gasteiger partial charge in [-0.25, -0.2) is 9.97 Å². The minimum absolute atomic E-state index is 0.0222. The Morgan fingerprint density at radius 2 is 2.25 bits per heavy atom. The quantitative estimate of drug-likeness (QED) is 0.835. The van der Waals surface area contributed by atoms with Crippen LogP contribution < -0.4 is 10.9 Å². The Bertz CT molecular complexity index is 837. The monoisotopic (exact) mass is 344 g/mol. The van der Waals surface area contributed by atoms with Crippen LogP contribution in [0.15, 0.2) is 28.0 Å². The molecular formula is C17H20N4O2S. The molecule has 6 nitrogen and oxygen atoms in total. The van der Waals surface area contributed by atoms with Gasteiger partial charge in [0.15, 0.2) is 5.82 Å². The number of aromatic amines is 1. The van der Waals surface area contributed by atoms with Gasteiger partial charge in [0.05, 0.1) is 5.01 Å². The van der Waals surface area contributed by atoms with Crippen molar-refractivity contribution in [3.63, 3.8) is 0 Å². The SMILES string of the molecule is Cc1nc(-c2ncc(C(=O)N[C@@H](C)C3=CCCCC3)c(=O)[nH]2)cs1. The highest BCUT2D eigenvalue weighted by Crippen LogP contribution is 2.20. The molecule has 2 heterocycles. The van der Waals surface area contributed by atoms with E-state index in [1.54, 1.807) is 0 Å². The number of aryl methyl sites for hydroxylation is 1. The number of thiazole rings is 1. The van der Waals surface area contributed by atoms with Gasteiger partial charge < -0.3 is 10.3 Å². The molecular weight excluding hydrogens is 324 g/mol. The van der Waals surface area contributed by atoms with Crippen molar-refractivity contribution < 1.29 is 4.79 Å². The zero-order valence-electron chi connectivity index (χ0n) is 13.8. The minimum Gasteiger partial charge on any atom is -0.346 e. The number of allylic oxidation sites excluding steroid dienone is 1. The lowest BCUT2D eigenvalue weighted by Gasteiger charge is -2.20. The number of carbonyl (C=O) groups excluding carboxylic acids is 1. The second-order valence-electron chi connectivity index (χ2n) is 5.95. The van der Waals surface area contributed by atoms with Crippen LogP contribution in [0.1, 0.15) is 48.0 Å². The number of amides is 1. The topological polar surface area (TPSA) is 87.7 Å². The molecule has 1 aliphatic carbocycles. The third kappa shape index (κ3) is 3.62. The minimum atomic E-state index is -0.451. The number of nitrogens with one attached hydrogen (secondary N) is 2. The zero-order chi connectivity index (χ0) is 17.1. The van der Waals surface area contributed by atoms with Crippen molar-refractivity contribution in [1.82, 2.24) is 20.3 Å². The molecule has 3 rings (SSSR count). The Balaban J connectivity index is 1.75. The number of aromatic nitrogens is 3. The highest BCUT2D eigenvalue weighted by atomic mass is 32.1. The maximum absolute atomic E-state index is 12.4. The largest absolute Gasteiger partial charge is 0.346 e. The summed E-state index contributed by atoms with van der Waals surface area (Å²) in [6.07, 6.45) is 7.91. The van der Waals surface area contributed by atoms with E-state index in [0.29, 0.717) is 11.5 Å². The van der Waals surface area contributed by atoms with E-state index in [9.17, 15) is 9.59 Å². The maximum Gasteiger partial charge on any atom is 0.264 e. The van der Waals surface area contributed by atoms with Gasteiger partial charge in [-0.1, -0.05) is 11.6 Å². The summed E-state index contributed by atoms with van der Waals surface area (Å²) in [4.78, 5) is 35.7. The van der Waals surface area contributed by atoms with E-state index in [1.165, 1.54) is 29.5 Å². The molecule has 0 aliphatic heterocycles. The predicted molar refractivity (Wildman–Crippen MR) is 94.2 cm³/mol. The van der Waals surface area contributed by atoms with Crippen LogP contribution in [0.25, 0.3) is 11.5 Å². The summed E-state index contributed by atoms with van der Waals surface area (Å²) in [5, 5.41) is 5.61. The van der Waals surface area contributed by atoms with Crippen LogP contribution in [0, 0.1) is 6.92 Å². The third-order valence-electron chi connectivity index (χ3n) is 4.14. The number of rotatable bonds is 4. The van der Waals surface area contributed by atoms with Gasteiger partial charge in [-0.2, -0.15) is 0 Å². The molecule has 0 unspecified atom stereocenters. The van der Waals surface area contributed by atoms with Crippen molar-refractivity contribution in [3.8, 4) is 11.5 Å². The van der Waals surface area contributed by atoms with Gasteiger partial charge in [0.2, 0.25) is 0 Å². The van der Waals surface area contributed by atoms with Gasteiger partial charge in [0, 0.05) is 17.6 Å². The van der Waals surface area contributed by atoms with E-state index >= 15 is 0 Å². The maximum atomic E-state index is 12.4. The number of hydrogen-bond acceptors (Lipinski definition) is 5. The predicted octanol–water partition coefficient (Wildman–Crippen LogP) is 2.82. The van der Waals surface area contributed by atoms with E-state index in [0.717, 1.165) is 24.3 Å². The van der Waals surface area contributed by atoms with Crippen LogP contribution in [0.3, 0.4) is 0 Å². The van der Waals surface area contributed by atoms with Crippen LogP contribution in [0.5, 0.6) is 0 Å². The van der Waals surface area contributed by atoms with E-state index in [1.807, 2.05) is 19.2 Å². The molecule has 2 aromatic rings. The summed E-state index contributed by atoms with van der Waals surface area (Å²) < 4.78 is 0. The van der Waals surface area contributed by atoms with Crippen molar-refractivity contribution in [2.24, 2.45) is 0 Å². The Morgan fingerprint density at radius 3 is 2.88 bits per heavy atom. The highest BCUT2D eigenvalue weighted by molar-refractivity contribution is 7.09. The molecule has 0 saturated heterocycles. The first kappa shape index (κ1) is 16.6. The van der Waals surface area contributed by atoms with E-state index < -0.39 is 11.5 Å². The summed E-state index contributed by atoms with van der Waals surface area (Å²) in [5.41, 5.74) is 1.41. The van der Waals surface area contributed by atoms with Gasteiger partial charge in [-0.05, 0) is 39.5 Å². The number of nitrogens with zero attached hydrogens (tertiary/aromatic N) is 2. The van der Waals surface area contributed by atoms with Crippen molar-refractivity contribution >= 4 is 17.2 Å². The van der Waals surface area contributed by atoms with E-state index in [2.05, 4.69) is 26.3 Å². The first-order valence-electron chi connectivity index (χ1n) is 8.06. The van der Waals surface area contributed by atoms with E-state index in [4.69, 9.17) is 0 Å². The zero-order valence-corrected chi connectivity index (χ0v) is 14.6. The van der Waals surface area contributed by atoms with Gasteiger partial charge in [-0.3, -0.25) is 9.59 Å². The molecule has 1 aliphatic rings. The van der Waals surface area contributed by atoms with Crippen LogP contribution >= 0.6 is 11.3 Å². The lowest BCUT2D eigenvalue weighted by atomic mass is 9.94. The Morgan fingerprint density at radius 1 is 1.42 bits per heavy atom. The molecule has 2 aromatic heterocycles. The fourth-order valence-electron chi connectivity index (χ4n) is 2.78. The standard InChI is InChI=1S/C17H20N4O2S/c1-10(12-6-4-3-5-7-12)19-16(22)13-8-18-15(21-17(13)23)14-9-24-11(2)20-14/h6,8-10H,3-5,7H2,1-2H3,(H,19,22)(H,18,21,23)/t10-/m0/s1. The number of carbonyl (C=O) groups is 1. The smallest absolute Gasteiger partial charge is 0.264 e. The average Bonchev–Trinajstić information content (AvgIpc) is 3.02. The van der Waals surface area contributed by atoms with Gasteiger partial charge >= 0.3 is 0 Å². The normalized spacial score (nSPS) is 15.7. The fourth-order valence-corrected chi connectivity index (χ4v) is 3.38. The van der Waals surface area contributed by atoms with Crippen molar-refractivity contribution in [1.29, 1.82) is 0 Å². The molecule has 0 radical (unpaired) electrons. The molecule has 0 bridgehead atoms. The Hall–Kier alpha value is -2.28. The molecule has 0 spiro atoms. The molecule has 1 amide bonds. The number of H-pyrrole nitrogens is 1. The molecule has 0 saturated carbocycles. The summed E-state index contributed by atoms with van der Waals surface area (Å²) >= 11 is 1.48. The molecule has 2 N–H and O–H groups in total. The van der Waals surface area contributed by atoms with Crippen LogP contribution in [0.4, 0.5) is 0 Å². The molecule has 0 fully saturated rings. The first-order valence-corrected chi connectivity index (χ1v) is 8.94. The lowest BCUT2D eigenvalue weighted by Crippen LogP contribution is -2.37. The van der Waals surface area contributed by atoms with Crippen LogP contribution in [-0.4, -0.2) is 26.9 Å². The van der Waals surface area contributed by atoms with Crippen molar-refractivity contribution in [2.45, 2.75) is 45.6 Å². The summed E-state index contributed by atoms with van der Waals surface area (Å²) in [6, 6.07) is -0.0712. The summed E-state index contributed by atoms with van der Waals surface area (Å²) in [6.45, 7) is 3.83. The van der Waals surface area contributed by atoms with Gasteiger partial charge in [0.25, 0.3) is 11.5 Å². The van der Waals surface area contributed by atoms with Gasteiger partial charge in [-0.15, -0.1) is 11.3 Å². The van der Waals surface area contributed by atoms with Crippen LogP contribution in [-0.2, 0) is 0 Å². The number of hydrogen-bond donors (Lipinski definition) is 2. The van der Waals surface area contributed by atoms with Crippen LogP contribution in [0.2, 0.25) is 0 Å². The van der Waals surface area contributed by atoms with Gasteiger partial charge in [0.1, 0.15) is 11.3 Å². The summed E-state index contributed by atoms with van der Waals surface area (Å²) in [5.74, 6) is -0.0207. The molecule has 24 heavy (non-hydrogen) atoms. The third-order valence-corrected chi connectivity index (χ3v) is 4.91. The second kappa shape index (κ2) is 7.09. The van der Waals surface area contributed by atoms with E-state index in [-0.39, 0.29) is 11.6 Å². The van der Waals surface area contributed by atoms with Crippen molar-refractivity contribution in [3.05, 3.63) is 44.2 Å². The average molecular weight is 344 g/mol. The molecule has 7 heteroatoms. The fraction of sp³-hybridized carbons (Fsp3) is 0.412.